The molecule has 0 unspecified atom stereocenters. The third-order valence-corrected chi connectivity index (χ3v) is 6.83. The van der Waals surface area contributed by atoms with E-state index >= 15 is 4.39 Å². The lowest BCUT2D eigenvalue weighted by atomic mass is 10.1. The van der Waals surface area contributed by atoms with Crippen molar-refractivity contribution in [1.82, 2.24) is 4.98 Å². The van der Waals surface area contributed by atoms with Crippen LogP contribution in [0, 0.1) is 17.1 Å². The number of aryl methyl sites for hydroxylation is 1. The number of rotatable bonds is 7. The molecule has 4 rings (SSSR count). The quantitative estimate of drug-likeness (QED) is 0.176. The van der Waals surface area contributed by atoms with Gasteiger partial charge in [0.05, 0.1) is 24.1 Å². The second-order valence-electron chi connectivity index (χ2n) is 9.23. The molecule has 0 bridgehead atoms. The summed E-state index contributed by atoms with van der Waals surface area (Å²) in [4.78, 5) is 19.3. The Labute approximate surface area is 234 Å². The second kappa shape index (κ2) is 12.9. The van der Waals surface area contributed by atoms with E-state index in [4.69, 9.17) is 22.2 Å². The molecule has 40 heavy (non-hydrogen) atoms. The summed E-state index contributed by atoms with van der Waals surface area (Å²) >= 11 is 5.61. The fourth-order valence-corrected chi connectivity index (χ4v) is 4.81. The van der Waals surface area contributed by atoms with Crippen molar-refractivity contribution < 1.29 is 27.1 Å². The Morgan fingerprint density at radius 3 is 2.52 bits per heavy atom. The maximum absolute atomic E-state index is 15.1. The van der Waals surface area contributed by atoms with Crippen molar-refractivity contribution in [2.75, 3.05) is 23.0 Å². The van der Waals surface area contributed by atoms with E-state index in [-0.39, 0.29) is 23.0 Å². The molecule has 208 valence electrons. The monoisotopic (exact) mass is 570 g/mol. The van der Waals surface area contributed by atoms with Crippen LogP contribution in [0.1, 0.15) is 48.9 Å². The molecule has 1 saturated heterocycles. The minimum atomic E-state index is -4.86. The largest absolute Gasteiger partial charge is 0.491 e. The van der Waals surface area contributed by atoms with Crippen LogP contribution < -0.4 is 14.5 Å². The molecule has 2 aromatic carbocycles. The summed E-state index contributed by atoms with van der Waals surface area (Å²) in [5.41, 5.74) is -0.808. The van der Waals surface area contributed by atoms with Crippen LogP contribution in [0.2, 0.25) is 0 Å². The van der Waals surface area contributed by atoms with E-state index in [9.17, 15) is 18.0 Å². The minimum absolute atomic E-state index is 0.0550. The Morgan fingerprint density at radius 2 is 1.82 bits per heavy atom. The van der Waals surface area contributed by atoms with Crippen LogP contribution in [0.3, 0.4) is 0 Å². The molecule has 0 atom stereocenters. The van der Waals surface area contributed by atoms with Crippen LogP contribution >= 0.6 is 12.2 Å². The molecule has 1 fully saturated rings. The highest BCUT2D eigenvalue weighted by Crippen LogP contribution is 2.35. The van der Waals surface area contributed by atoms with E-state index in [0.717, 1.165) is 23.1 Å². The number of anilines is 2. The highest BCUT2D eigenvalue weighted by molar-refractivity contribution is 7.81. The molecule has 0 aliphatic carbocycles. The molecule has 0 saturated carbocycles. The lowest BCUT2D eigenvalue weighted by Gasteiger charge is -2.32. The molecular formula is C29H26F4N4O2S. The first-order valence-corrected chi connectivity index (χ1v) is 13.2. The summed E-state index contributed by atoms with van der Waals surface area (Å²) < 4.78 is 61.6. The molecule has 6 nitrogen and oxygen atoms in total. The van der Waals surface area contributed by atoms with Crippen LogP contribution in [0.25, 0.3) is 0 Å². The smallest absolute Gasteiger partial charge is 0.419 e. The normalized spacial score (nSPS) is 14.8. The van der Waals surface area contributed by atoms with Gasteiger partial charge < -0.3 is 9.64 Å². The summed E-state index contributed by atoms with van der Waals surface area (Å²) in [6.07, 6.45) is -0.517. The third kappa shape index (κ3) is 6.93. The van der Waals surface area contributed by atoms with Gasteiger partial charge in [0.1, 0.15) is 6.07 Å². The first kappa shape index (κ1) is 29.0. The number of aromatic nitrogens is 1. The number of carbonyl (C=O) groups excluding carboxylic acids is 1. The number of carbonyl (C=O) groups is 1. The topological polar surface area (TPSA) is 69.5 Å². The molecule has 0 spiro atoms. The number of benzene rings is 2. The van der Waals surface area contributed by atoms with Crippen LogP contribution in [0.4, 0.5) is 28.9 Å². The molecular weight excluding hydrogens is 544 g/mol. The number of halogens is 4. The van der Waals surface area contributed by atoms with Crippen molar-refractivity contribution in [1.29, 1.82) is 5.26 Å². The fraction of sp³-hybridized carbons (Fsp3) is 0.310. The van der Waals surface area contributed by atoms with Gasteiger partial charge in [0.15, 0.2) is 22.4 Å². The molecule has 0 N–H and O–H groups in total. The number of ether oxygens (including phenoxy) is 1. The molecule has 11 heteroatoms. The van der Waals surface area contributed by atoms with Gasteiger partial charge in [-0.2, -0.15) is 18.4 Å². The Bertz CT molecular complexity index is 1410. The van der Waals surface area contributed by atoms with E-state index in [0.29, 0.717) is 50.6 Å². The van der Waals surface area contributed by atoms with Gasteiger partial charge in [-0.05, 0) is 61.7 Å². The Kier molecular flexibility index (Phi) is 9.32. The van der Waals surface area contributed by atoms with E-state index in [2.05, 4.69) is 4.98 Å². The number of amides is 1. The van der Waals surface area contributed by atoms with E-state index < -0.39 is 29.2 Å². The summed E-state index contributed by atoms with van der Waals surface area (Å²) in [6, 6.07) is 16.3. The first-order chi connectivity index (χ1) is 19.2. The summed E-state index contributed by atoms with van der Waals surface area (Å²) in [7, 11) is 0. The number of pyridine rings is 1. The Morgan fingerprint density at radius 1 is 1.05 bits per heavy atom. The molecule has 3 aromatic rings. The average molecular weight is 571 g/mol. The zero-order valence-electron chi connectivity index (χ0n) is 21.5. The lowest BCUT2D eigenvalue weighted by Crippen LogP contribution is -2.46. The average Bonchev–Trinajstić information content (AvgIpc) is 3.00. The summed E-state index contributed by atoms with van der Waals surface area (Å²) in [5.74, 6) is -1.08. The molecule has 2 heterocycles. The van der Waals surface area contributed by atoms with Gasteiger partial charge in [0.2, 0.25) is 5.91 Å². The number of hydrogen-bond donors (Lipinski definition) is 0. The predicted octanol–water partition coefficient (Wildman–Crippen LogP) is 6.82. The van der Waals surface area contributed by atoms with Gasteiger partial charge in [-0.3, -0.25) is 9.69 Å². The van der Waals surface area contributed by atoms with Gasteiger partial charge in [0, 0.05) is 24.7 Å². The standard InChI is InChI=1S/C29H26F4N4O2S/c30-24-17-21(12-13-26(24)39-15-7-10-20-8-3-1-4-9-20)36-14-6-2-5-11-27(38)37(28(36)40)22-16-23(29(31,32)33)25(18-34)35-19-22/h1,3-4,8-9,12-13,16-17,19H,2,5-7,10-11,14-15H2. The van der Waals surface area contributed by atoms with Crippen molar-refractivity contribution in [2.24, 2.45) is 0 Å². The number of nitriles is 1. The van der Waals surface area contributed by atoms with Crippen molar-refractivity contribution in [2.45, 2.75) is 44.7 Å². The van der Waals surface area contributed by atoms with E-state index in [1.165, 1.54) is 23.1 Å². The number of thiocarbonyl (C=S) groups is 1. The van der Waals surface area contributed by atoms with Gasteiger partial charge in [-0.1, -0.05) is 36.8 Å². The molecule has 1 aliphatic rings. The fourth-order valence-electron chi connectivity index (χ4n) is 4.41. The molecule has 1 aromatic heterocycles. The van der Waals surface area contributed by atoms with Gasteiger partial charge >= 0.3 is 6.18 Å². The molecule has 1 aliphatic heterocycles. The van der Waals surface area contributed by atoms with E-state index in [1.807, 2.05) is 30.3 Å². The zero-order valence-corrected chi connectivity index (χ0v) is 22.3. The third-order valence-electron chi connectivity index (χ3n) is 6.42. The lowest BCUT2D eigenvalue weighted by molar-refractivity contribution is -0.138. The van der Waals surface area contributed by atoms with Crippen LogP contribution in [-0.4, -0.2) is 29.2 Å². The van der Waals surface area contributed by atoms with Crippen molar-refractivity contribution in [3.63, 3.8) is 0 Å². The highest BCUT2D eigenvalue weighted by Gasteiger charge is 2.36. The van der Waals surface area contributed by atoms with Crippen LogP contribution in [0.15, 0.2) is 60.8 Å². The Balaban J connectivity index is 1.57. The SMILES string of the molecule is N#Cc1ncc(N2C(=O)CCCCCN(c3ccc(OCCCc4ccccc4)c(F)c3)C2=S)cc1C(F)(F)F. The number of alkyl halides is 3. The van der Waals surface area contributed by atoms with E-state index in [1.54, 1.807) is 6.07 Å². The Hall–Kier alpha value is -4.04. The number of nitrogens with zero attached hydrogens (tertiary/aromatic N) is 4. The second-order valence-corrected chi connectivity index (χ2v) is 9.59. The van der Waals surface area contributed by atoms with Crippen molar-refractivity contribution >= 4 is 34.6 Å². The van der Waals surface area contributed by atoms with Gasteiger partial charge in [-0.25, -0.2) is 9.37 Å². The number of hydrogen-bond acceptors (Lipinski definition) is 5. The van der Waals surface area contributed by atoms with Gasteiger partial charge in [-0.15, -0.1) is 0 Å². The highest BCUT2D eigenvalue weighted by atomic mass is 32.1. The van der Waals surface area contributed by atoms with Crippen molar-refractivity contribution in [3.05, 3.63) is 83.4 Å². The predicted molar refractivity (Wildman–Crippen MR) is 147 cm³/mol. The first-order valence-electron chi connectivity index (χ1n) is 12.8. The zero-order chi connectivity index (χ0) is 28.7. The van der Waals surface area contributed by atoms with Crippen molar-refractivity contribution in [3.8, 4) is 11.8 Å². The van der Waals surface area contributed by atoms with Crippen LogP contribution in [-0.2, 0) is 17.4 Å². The molecule has 1 amide bonds. The molecule has 0 radical (unpaired) electrons. The van der Waals surface area contributed by atoms with Crippen LogP contribution in [0.5, 0.6) is 5.75 Å². The van der Waals surface area contributed by atoms with Gasteiger partial charge in [0.25, 0.3) is 0 Å². The summed E-state index contributed by atoms with van der Waals surface area (Å²) in [6.45, 7) is 0.623. The summed E-state index contributed by atoms with van der Waals surface area (Å²) in [5, 5.41) is 8.98. The minimum Gasteiger partial charge on any atom is -0.491 e. The maximum Gasteiger partial charge on any atom is 0.419 e. The maximum atomic E-state index is 15.1.